The minimum Gasteiger partial charge on any atom is -0.345 e. The van der Waals surface area contributed by atoms with Gasteiger partial charge in [-0.3, -0.25) is 4.79 Å². The molecule has 0 aliphatic carbocycles. The summed E-state index contributed by atoms with van der Waals surface area (Å²) in [6, 6.07) is 7.95. The van der Waals surface area contributed by atoms with Gasteiger partial charge in [0, 0.05) is 18.2 Å². The van der Waals surface area contributed by atoms with Gasteiger partial charge in [0.25, 0.3) is 0 Å². The highest BCUT2D eigenvalue weighted by Crippen LogP contribution is 2.26. The zero-order valence-electron chi connectivity index (χ0n) is 15.6. The summed E-state index contributed by atoms with van der Waals surface area (Å²) in [5, 5.41) is 2.75. The van der Waals surface area contributed by atoms with Crippen molar-refractivity contribution in [3.8, 4) is 0 Å². The van der Waals surface area contributed by atoms with E-state index >= 15 is 0 Å². The van der Waals surface area contributed by atoms with Crippen molar-refractivity contribution < 1.29 is 22.0 Å². The van der Waals surface area contributed by atoms with Crippen molar-refractivity contribution in [3.05, 3.63) is 65.2 Å². The van der Waals surface area contributed by atoms with E-state index in [4.69, 9.17) is 5.73 Å². The molecule has 0 aliphatic rings. The number of benzene rings is 2. The molecule has 3 atom stereocenters. The molecule has 3 N–H and O–H groups in total. The monoisotopic (exact) mass is 432 g/mol. The summed E-state index contributed by atoms with van der Waals surface area (Å²) in [4.78, 5) is 12.6. The van der Waals surface area contributed by atoms with Crippen LogP contribution in [0.1, 0.15) is 31.0 Å². The Hall–Kier alpha value is -2.03. The summed E-state index contributed by atoms with van der Waals surface area (Å²) < 4.78 is 50.8. The standard InChI is InChI=1S/C19H22F2N2O3S.ClH/c1-11(12(2)22)19(24)23-18(14-7-8-16(20)17(21)10-14)13-5-4-6-15(9-13)27(3,25)26;/h4-12,18H,22H2,1-3H3,(H,23,24);1H. The fraction of sp³-hybridized carbons (Fsp3) is 0.316. The predicted molar refractivity (Wildman–Crippen MR) is 106 cm³/mol. The molecular formula is C19H23ClF2N2O3S. The second kappa shape index (κ2) is 9.45. The lowest BCUT2D eigenvalue weighted by atomic mass is 9.96. The molecule has 0 aliphatic heterocycles. The Bertz CT molecular complexity index is 952. The largest absolute Gasteiger partial charge is 0.345 e. The molecule has 5 nitrogen and oxygen atoms in total. The van der Waals surface area contributed by atoms with Crippen LogP contribution in [0.2, 0.25) is 0 Å². The Morgan fingerprint density at radius 1 is 1.04 bits per heavy atom. The van der Waals surface area contributed by atoms with Gasteiger partial charge in [-0.2, -0.15) is 0 Å². The van der Waals surface area contributed by atoms with Gasteiger partial charge >= 0.3 is 0 Å². The number of rotatable bonds is 6. The molecule has 3 unspecified atom stereocenters. The number of hydrogen-bond acceptors (Lipinski definition) is 4. The number of amides is 1. The maximum atomic E-state index is 13.7. The maximum absolute atomic E-state index is 13.7. The molecule has 2 aromatic carbocycles. The summed E-state index contributed by atoms with van der Waals surface area (Å²) in [7, 11) is -3.48. The smallest absolute Gasteiger partial charge is 0.225 e. The Kier molecular flexibility index (Phi) is 8.10. The van der Waals surface area contributed by atoms with Crippen molar-refractivity contribution in [2.45, 2.75) is 30.8 Å². The first kappa shape index (κ1) is 24.0. The van der Waals surface area contributed by atoms with Crippen molar-refractivity contribution in [2.75, 3.05) is 6.26 Å². The molecule has 0 fully saturated rings. The van der Waals surface area contributed by atoms with Crippen LogP contribution in [0.15, 0.2) is 47.4 Å². The quantitative estimate of drug-likeness (QED) is 0.734. The molecule has 1 amide bonds. The average Bonchev–Trinajstić information content (AvgIpc) is 2.60. The molecule has 0 spiro atoms. The minimum atomic E-state index is -3.48. The third kappa shape index (κ3) is 5.73. The van der Waals surface area contributed by atoms with E-state index in [0.717, 1.165) is 18.4 Å². The fourth-order valence-electron chi connectivity index (χ4n) is 2.49. The molecule has 0 bridgehead atoms. The van der Waals surface area contributed by atoms with Gasteiger partial charge in [-0.25, -0.2) is 17.2 Å². The van der Waals surface area contributed by atoms with E-state index in [2.05, 4.69) is 5.32 Å². The second-order valence-corrected chi connectivity index (χ2v) is 8.62. The van der Waals surface area contributed by atoms with Crippen LogP contribution in [-0.2, 0) is 14.6 Å². The number of nitrogens with two attached hydrogens (primary N) is 1. The van der Waals surface area contributed by atoms with E-state index in [1.807, 2.05) is 0 Å². The number of nitrogens with one attached hydrogen (secondary N) is 1. The van der Waals surface area contributed by atoms with Gasteiger partial charge in [0.2, 0.25) is 5.91 Å². The number of halogens is 3. The zero-order chi connectivity index (χ0) is 20.4. The maximum Gasteiger partial charge on any atom is 0.225 e. The van der Waals surface area contributed by atoms with Crippen molar-refractivity contribution in [1.82, 2.24) is 5.32 Å². The molecule has 9 heteroatoms. The van der Waals surface area contributed by atoms with Gasteiger partial charge in [-0.05, 0) is 42.3 Å². The van der Waals surface area contributed by atoms with Gasteiger partial charge < -0.3 is 11.1 Å². The lowest BCUT2D eigenvalue weighted by Crippen LogP contribution is -2.40. The molecule has 0 saturated carbocycles. The summed E-state index contributed by atoms with van der Waals surface area (Å²) in [5.41, 5.74) is 6.47. The van der Waals surface area contributed by atoms with Gasteiger partial charge in [-0.15, -0.1) is 12.4 Å². The number of carbonyl (C=O) groups is 1. The van der Waals surface area contributed by atoms with Gasteiger partial charge in [0.05, 0.1) is 10.9 Å². The van der Waals surface area contributed by atoms with Crippen LogP contribution in [0, 0.1) is 17.6 Å². The van der Waals surface area contributed by atoms with Crippen LogP contribution in [0.3, 0.4) is 0 Å². The van der Waals surface area contributed by atoms with Crippen molar-refractivity contribution in [1.29, 1.82) is 0 Å². The lowest BCUT2D eigenvalue weighted by Gasteiger charge is -2.24. The highest BCUT2D eigenvalue weighted by molar-refractivity contribution is 7.90. The predicted octanol–water partition coefficient (Wildman–Crippen LogP) is 2.98. The van der Waals surface area contributed by atoms with Crippen LogP contribution in [0.4, 0.5) is 8.78 Å². The SMILES string of the molecule is CC(N)C(C)C(=O)NC(c1cccc(S(C)(=O)=O)c1)c1ccc(F)c(F)c1.Cl. The van der Waals surface area contributed by atoms with Crippen LogP contribution >= 0.6 is 12.4 Å². The van der Waals surface area contributed by atoms with E-state index in [-0.39, 0.29) is 28.8 Å². The third-order valence-electron chi connectivity index (χ3n) is 4.39. The van der Waals surface area contributed by atoms with Crippen LogP contribution in [-0.4, -0.2) is 26.6 Å². The first-order valence-corrected chi connectivity index (χ1v) is 10.2. The normalized spacial score (nSPS) is 14.5. The van der Waals surface area contributed by atoms with Gasteiger partial charge in [0.15, 0.2) is 21.5 Å². The molecule has 0 heterocycles. The molecule has 0 saturated heterocycles. The van der Waals surface area contributed by atoms with Crippen molar-refractivity contribution >= 4 is 28.2 Å². The Balaban J connectivity index is 0.00000392. The van der Waals surface area contributed by atoms with Crippen LogP contribution < -0.4 is 11.1 Å². The minimum absolute atomic E-state index is 0. The molecule has 2 rings (SSSR count). The Morgan fingerprint density at radius 2 is 1.64 bits per heavy atom. The molecular weight excluding hydrogens is 410 g/mol. The number of sulfone groups is 1. The van der Waals surface area contributed by atoms with E-state index in [0.29, 0.717) is 5.56 Å². The topological polar surface area (TPSA) is 89.3 Å². The highest BCUT2D eigenvalue weighted by Gasteiger charge is 2.24. The Morgan fingerprint density at radius 3 is 2.18 bits per heavy atom. The summed E-state index contributed by atoms with van der Waals surface area (Å²) >= 11 is 0. The number of carbonyl (C=O) groups excluding carboxylic acids is 1. The fourth-order valence-corrected chi connectivity index (χ4v) is 3.16. The molecule has 0 radical (unpaired) electrons. The highest BCUT2D eigenvalue weighted by atomic mass is 35.5. The zero-order valence-corrected chi connectivity index (χ0v) is 17.3. The first-order chi connectivity index (χ1) is 12.5. The summed E-state index contributed by atoms with van der Waals surface area (Å²) in [6.45, 7) is 3.33. The molecule has 154 valence electrons. The second-order valence-electron chi connectivity index (χ2n) is 6.61. The van der Waals surface area contributed by atoms with E-state index in [1.54, 1.807) is 19.9 Å². The summed E-state index contributed by atoms with van der Waals surface area (Å²) in [5.74, 6) is -3.00. The molecule has 28 heavy (non-hydrogen) atoms. The molecule has 2 aromatic rings. The van der Waals surface area contributed by atoms with Crippen molar-refractivity contribution in [2.24, 2.45) is 11.7 Å². The molecule has 0 aromatic heterocycles. The first-order valence-electron chi connectivity index (χ1n) is 8.31. The Labute approximate surface area is 169 Å². The van der Waals surface area contributed by atoms with Crippen LogP contribution in [0.5, 0.6) is 0 Å². The van der Waals surface area contributed by atoms with Crippen molar-refractivity contribution in [3.63, 3.8) is 0 Å². The van der Waals surface area contributed by atoms with Gasteiger partial charge in [0.1, 0.15) is 0 Å². The van der Waals surface area contributed by atoms with E-state index < -0.39 is 39.5 Å². The number of hydrogen-bond donors (Lipinski definition) is 2. The average molecular weight is 433 g/mol. The van der Waals surface area contributed by atoms with Gasteiger partial charge in [-0.1, -0.05) is 25.1 Å². The lowest BCUT2D eigenvalue weighted by molar-refractivity contribution is -0.125. The van der Waals surface area contributed by atoms with E-state index in [9.17, 15) is 22.0 Å². The van der Waals surface area contributed by atoms with E-state index in [1.165, 1.54) is 24.3 Å². The third-order valence-corrected chi connectivity index (χ3v) is 5.50. The van der Waals surface area contributed by atoms with Crippen LogP contribution in [0.25, 0.3) is 0 Å². The summed E-state index contributed by atoms with van der Waals surface area (Å²) in [6.07, 6.45) is 1.06.